The number of carbonyl (C=O) groups excluding carboxylic acids is 2. The van der Waals surface area contributed by atoms with Crippen LogP contribution in [-0.2, 0) is 9.59 Å². The Hall–Kier alpha value is -1.02. The number of halogens is 1. The predicted octanol–water partition coefficient (Wildman–Crippen LogP) is 0.231. The van der Waals surface area contributed by atoms with Crippen molar-refractivity contribution in [3.8, 4) is 10.8 Å². The summed E-state index contributed by atoms with van der Waals surface area (Å²) in [6.07, 6.45) is 0. The van der Waals surface area contributed by atoms with Gasteiger partial charge in [-0.2, -0.15) is 0 Å². The lowest BCUT2D eigenvalue weighted by molar-refractivity contribution is -0.129. The van der Waals surface area contributed by atoms with E-state index in [1.165, 1.54) is 0 Å². The summed E-state index contributed by atoms with van der Waals surface area (Å²) in [4.78, 5) is 24.5. The molecule has 0 heterocycles. The van der Waals surface area contributed by atoms with Gasteiger partial charge in [0.05, 0.1) is 5.41 Å². The molecule has 0 aliphatic carbocycles. The van der Waals surface area contributed by atoms with Gasteiger partial charge < -0.3 is 10.6 Å². The molecule has 2 amide bonds. The molecule has 0 aliphatic rings. The van der Waals surface area contributed by atoms with Gasteiger partial charge in [-0.1, -0.05) is 0 Å². The van der Waals surface area contributed by atoms with Crippen molar-refractivity contribution >= 4 is 27.7 Å². The summed E-state index contributed by atoms with van der Waals surface area (Å²) in [6, 6.07) is 0. The predicted molar refractivity (Wildman–Crippen MR) is 57.6 cm³/mol. The van der Waals surface area contributed by atoms with Gasteiger partial charge >= 0.3 is 0 Å². The van der Waals surface area contributed by atoms with Gasteiger partial charge in [0.15, 0.2) is 0 Å². The molecular formula is C9H13BrN2O2. The van der Waals surface area contributed by atoms with E-state index in [4.69, 9.17) is 0 Å². The number of carbonyl (C=O) groups is 2. The molecule has 0 fully saturated rings. The summed E-state index contributed by atoms with van der Waals surface area (Å²) in [6.45, 7) is 3.74. The maximum absolute atomic E-state index is 11.3. The molecule has 78 valence electrons. The molecule has 0 atom stereocenters. The SMILES string of the molecule is CNC(=O)C(C)(C)CNC(=O)C#CBr. The largest absolute Gasteiger partial charge is 0.359 e. The Morgan fingerprint density at radius 1 is 1.43 bits per heavy atom. The molecule has 0 saturated heterocycles. The van der Waals surface area contributed by atoms with E-state index >= 15 is 0 Å². The molecule has 4 nitrogen and oxygen atoms in total. The van der Waals surface area contributed by atoms with E-state index in [0.717, 1.165) is 0 Å². The van der Waals surface area contributed by atoms with Gasteiger partial charge in [0.2, 0.25) is 5.91 Å². The maximum atomic E-state index is 11.3. The topological polar surface area (TPSA) is 58.2 Å². The second-order valence-corrected chi connectivity index (χ2v) is 3.76. The number of amides is 2. The molecule has 5 heteroatoms. The summed E-state index contributed by atoms with van der Waals surface area (Å²) in [5.41, 5.74) is -0.627. The minimum atomic E-state index is -0.627. The highest BCUT2D eigenvalue weighted by Crippen LogP contribution is 2.12. The highest BCUT2D eigenvalue weighted by Gasteiger charge is 2.26. The Kier molecular flexibility index (Phi) is 5.24. The third kappa shape index (κ3) is 4.28. The van der Waals surface area contributed by atoms with Crippen molar-refractivity contribution in [2.45, 2.75) is 13.8 Å². The molecule has 0 rings (SSSR count). The molecule has 0 spiro atoms. The maximum Gasteiger partial charge on any atom is 0.296 e. The number of hydrogen-bond acceptors (Lipinski definition) is 2. The molecule has 14 heavy (non-hydrogen) atoms. The Morgan fingerprint density at radius 3 is 2.43 bits per heavy atom. The first-order chi connectivity index (χ1) is 6.44. The fourth-order valence-corrected chi connectivity index (χ4v) is 0.987. The quantitative estimate of drug-likeness (QED) is 0.714. The monoisotopic (exact) mass is 260 g/mol. The van der Waals surface area contributed by atoms with Gasteiger partial charge in [0, 0.05) is 35.4 Å². The van der Waals surface area contributed by atoms with Crippen molar-refractivity contribution in [1.29, 1.82) is 0 Å². The van der Waals surface area contributed by atoms with E-state index in [0.29, 0.717) is 0 Å². The van der Waals surface area contributed by atoms with Gasteiger partial charge in [-0.05, 0) is 18.7 Å². The molecule has 2 N–H and O–H groups in total. The molecule has 0 aliphatic heterocycles. The van der Waals surface area contributed by atoms with Crippen molar-refractivity contribution < 1.29 is 9.59 Å². The fraction of sp³-hybridized carbons (Fsp3) is 0.556. The minimum absolute atomic E-state index is 0.121. The molecule has 0 saturated carbocycles. The van der Waals surface area contributed by atoms with Gasteiger partial charge in [-0.25, -0.2) is 0 Å². The standard InChI is InChI=1S/C9H13BrN2O2/c1-9(2,8(14)11-3)6-12-7(13)4-5-10/h6H2,1-3H3,(H,11,14)(H,12,13). The van der Waals surface area contributed by atoms with Crippen LogP contribution in [0.2, 0.25) is 0 Å². The summed E-state index contributed by atoms with van der Waals surface area (Å²) in [5, 5.41) is 5.06. The first kappa shape index (κ1) is 13.0. The second kappa shape index (κ2) is 5.66. The zero-order chi connectivity index (χ0) is 11.2. The van der Waals surface area contributed by atoms with Gasteiger partial charge in [-0.3, -0.25) is 9.59 Å². The lowest BCUT2D eigenvalue weighted by Crippen LogP contribution is -2.43. The third-order valence-corrected chi connectivity index (χ3v) is 1.89. The average Bonchev–Trinajstić information content (AvgIpc) is 2.14. The smallest absolute Gasteiger partial charge is 0.296 e. The Bertz CT molecular complexity index is 289. The van der Waals surface area contributed by atoms with Crippen LogP contribution in [0.15, 0.2) is 0 Å². The van der Waals surface area contributed by atoms with Crippen LogP contribution >= 0.6 is 15.9 Å². The Labute approximate surface area is 91.9 Å². The molecule has 0 aromatic rings. The lowest BCUT2D eigenvalue weighted by atomic mass is 9.92. The number of rotatable bonds is 3. The van der Waals surface area contributed by atoms with E-state index in [2.05, 4.69) is 37.3 Å². The van der Waals surface area contributed by atoms with Crippen molar-refractivity contribution in [1.82, 2.24) is 10.6 Å². The first-order valence-electron chi connectivity index (χ1n) is 4.05. The van der Waals surface area contributed by atoms with Gasteiger partial charge in [0.25, 0.3) is 5.91 Å². The Morgan fingerprint density at radius 2 is 2.00 bits per heavy atom. The van der Waals surface area contributed by atoms with Crippen molar-refractivity contribution in [2.75, 3.05) is 13.6 Å². The van der Waals surface area contributed by atoms with Crippen LogP contribution in [0.3, 0.4) is 0 Å². The second-order valence-electron chi connectivity index (χ2n) is 3.37. The lowest BCUT2D eigenvalue weighted by Gasteiger charge is -2.21. The molecule has 0 unspecified atom stereocenters. The zero-order valence-electron chi connectivity index (χ0n) is 8.40. The van der Waals surface area contributed by atoms with Crippen LogP contribution in [0.1, 0.15) is 13.8 Å². The molecular weight excluding hydrogens is 248 g/mol. The zero-order valence-corrected chi connectivity index (χ0v) is 9.99. The molecule has 0 bridgehead atoms. The van der Waals surface area contributed by atoms with Crippen LogP contribution in [0.5, 0.6) is 0 Å². The minimum Gasteiger partial charge on any atom is -0.359 e. The fourth-order valence-electron chi connectivity index (χ4n) is 0.807. The van der Waals surface area contributed by atoms with Crippen LogP contribution < -0.4 is 10.6 Å². The molecule has 0 aromatic carbocycles. The van der Waals surface area contributed by atoms with Gasteiger partial charge in [-0.15, -0.1) is 0 Å². The van der Waals surface area contributed by atoms with Gasteiger partial charge in [0.1, 0.15) is 0 Å². The van der Waals surface area contributed by atoms with E-state index in [1.54, 1.807) is 20.9 Å². The Balaban J connectivity index is 4.16. The third-order valence-electron chi connectivity index (χ3n) is 1.69. The van der Waals surface area contributed by atoms with Crippen LogP contribution in [0.4, 0.5) is 0 Å². The normalized spacial score (nSPS) is 9.71. The summed E-state index contributed by atoms with van der Waals surface area (Å²) < 4.78 is 0. The first-order valence-corrected chi connectivity index (χ1v) is 4.85. The van der Waals surface area contributed by atoms with Crippen molar-refractivity contribution in [3.63, 3.8) is 0 Å². The van der Waals surface area contributed by atoms with Crippen LogP contribution in [0.25, 0.3) is 0 Å². The number of hydrogen-bond donors (Lipinski definition) is 2. The van der Waals surface area contributed by atoms with E-state index in [1.807, 2.05) is 0 Å². The van der Waals surface area contributed by atoms with E-state index in [9.17, 15) is 9.59 Å². The van der Waals surface area contributed by atoms with Crippen LogP contribution in [-0.4, -0.2) is 25.4 Å². The van der Waals surface area contributed by atoms with E-state index < -0.39 is 11.3 Å². The number of nitrogens with one attached hydrogen (secondary N) is 2. The molecule has 0 radical (unpaired) electrons. The average molecular weight is 261 g/mol. The van der Waals surface area contributed by atoms with Crippen molar-refractivity contribution in [3.05, 3.63) is 0 Å². The summed E-state index contributed by atoms with van der Waals surface area (Å²) in [5.74, 6) is 1.74. The highest BCUT2D eigenvalue weighted by atomic mass is 79.9. The van der Waals surface area contributed by atoms with E-state index in [-0.39, 0.29) is 12.5 Å². The van der Waals surface area contributed by atoms with Crippen molar-refractivity contribution in [2.24, 2.45) is 5.41 Å². The van der Waals surface area contributed by atoms with Crippen LogP contribution in [0, 0.1) is 16.2 Å². The summed E-state index contributed by atoms with van der Waals surface area (Å²) >= 11 is 2.81. The highest BCUT2D eigenvalue weighted by molar-refractivity contribution is 9.12. The molecule has 0 aromatic heterocycles. The summed E-state index contributed by atoms with van der Waals surface area (Å²) in [7, 11) is 1.56.